The largest absolute Gasteiger partial charge is 0.378 e. The van der Waals surface area contributed by atoms with E-state index in [1.807, 2.05) is 10.6 Å². The number of rotatable bonds is 2. The number of hydrogen-bond donors (Lipinski definition) is 0. The molecule has 0 aliphatic carbocycles. The van der Waals surface area contributed by atoms with E-state index in [1.54, 1.807) is 6.07 Å². The molecule has 1 amide bonds. The number of carbonyl (C=O) groups is 1. The Balaban J connectivity index is 1.43. The predicted molar refractivity (Wildman–Crippen MR) is 93.1 cm³/mol. The summed E-state index contributed by atoms with van der Waals surface area (Å²) >= 11 is 0. The van der Waals surface area contributed by atoms with E-state index in [2.05, 4.69) is 4.90 Å². The van der Waals surface area contributed by atoms with E-state index in [9.17, 15) is 14.0 Å². The summed E-state index contributed by atoms with van der Waals surface area (Å²) in [7, 11) is 0. The van der Waals surface area contributed by atoms with Crippen LogP contribution >= 0.6 is 0 Å². The maximum Gasteiger partial charge on any atom is 0.263 e. The lowest BCUT2D eigenvalue weighted by Crippen LogP contribution is -2.56. The van der Waals surface area contributed by atoms with Crippen LogP contribution in [0.15, 0.2) is 16.9 Å². The Morgan fingerprint density at radius 1 is 1.15 bits per heavy atom. The van der Waals surface area contributed by atoms with Crippen LogP contribution in [0, 0.1) is 5.92 Å². The fourth-order valence-electron chi connectivity index (χ4n) is 4.95. The number of nitrogens with zero attached hydrogens (tertiary/aromatic N) is 3. The summed E-state index contributed by atoms with van der Waals surface area (Å²) in [6.45, 7) is 4.73. The molecule has 7 heteroatoms. The van der Waals surface area contributed by atoms with Gasteiger partial charge in [-0.15, -0.1) is 0 Å². The molecule has 0 radical (unpaired) electrons. The topological polar surface area (TPSA) is 54.8 Å². The summed E-state index contributed by atoms with van der Waals surface area (Å²) in [6.07, 6.45) is 0.496. The lowest BCUT2D eigenvalue weighted by Gasteiger charge is -2.47. The molecular weight excluding hydrogens is 337 g/mol. The third-order valence-electron chi connectivity index (χ3n) is 6.42. The van der Waals surface area contributed by atoms with E-state index < -0.39 is 6.17 Å². The molecule has 3 saturated heterocycles. The normalized spacial score (nSPS) is 31.6. The van der Waals surface area contributed by atoms with Crippen molar-refractivity contribution in [2.24, 2.45) is 5.92 Å². The van der Waals surface area contributed by atoms with Gasteiger partial charge in [-0.05, 0) is 30.9 Å². The van der Waals surface area contributed by atoms with Crippen LogP contribution in [-0.4, -0.2) is 71.9 Å². The quantitative estimate of drug-likeness (QED) is 0.784. The zero-order valence-corrected chi connectivity index (χ0v) is 14.8. The Kier molecular flexibility index (Phi) is 3.90. The molecule has 3 fully saturated rings. The summed E-state index contributed by atoms with van der Waals surface area (Å²) < 4.78 is 20.6. The van der Waals surface area contributed by atoms with Gasteiger partial charge in [-0.25, -0.2) is 4.39 Å². The number of carbonyl (C=O) groups excluding carboxylic acids is 1. The number of likely N-dealkylation sites (tertiary alicyclic amines) is 2. The maximum absolute atomic E-state index is 13.4. The fraction of sp³-hybridized carbons (Fsp3) is 0.684. The van der Waals surface area contributed by atoms with E-state index in [0.717, 1.165) is 38.4 Å². The number of amides is 1. The second-order valence-electron chi connectivity index (χ2n) is 8.17. The van der Waals surface area contributed by atoms with Gasteiger partial charge in [0.25, 0.3) is 11.5 Å². The van der Waals surface area contributed by atoms with Crippen LogP contribution in [0.25, 0.3) is 0 Å². The smallest absolute Gasteiger partial charge is 0.263 e. The van der Waals surface area contributed by atoms with Gasteiger partial charge in [-0.1, -0.05) is 0 Å². The molecule has 0 N–H and O–H groups in total. The first-order valence-corrected chi connectivity index (χ1v) is 9.59. The van der Waals surface area contributed by atoms with Crippen molar-refractivity contribution >= 4 is 5.91 Å². The summed E-state index contributed by atoms with van der Waals surface area (Å²) in [5, 5.41) is 0. The molecule has 1 aromatic rings. The minimum Gasteiger partial charge on any atom is -0.378 e. The number of piperidine rings is 1. The second kappa shape index (κ2) is 6.16. The van der Waals surface area contributed by atoms with Crippen LogP contribution in [0.4, 0.5) is 4.39 Å². The summed E-state index contributed by atoms with van der Waals surface area (Å²) in [5.41, 5.74) is 1.02. The minimum atomic E-state index is -0.972. The van der Waals surface area contributed by atoms with Crippen molar-refractivity contribution < 1.29 is 13.9 Å². The van der Waals surface area contributed by atoms with Crippen molar-refractivity contribution in [2.45, 2.75) is 37.5 Å². The van der Waals surface area contributed by atoms with Crippen LogP contribution in [0.2, 0.25) is 0 Å². The Bertz CT molecular complexity index is 791. The number of hydrogen-bond acceptors (Lipinski definition) is 4. The van der Waals surface area contributed by atoms with Crippen LogP contribution in [0.1, 0.15) is 34.8 Å². The summed E-state index contributed by atoms with van der Waals surface area (Å²) in [5.74, 6) is 0.447. The number of aromatic nitrogens is 1. The number of ether oxygens (including phenoxy) is 1. The number of pyridine rings is 1. The monoisotopic (exact) mass is 361 g/mol. The lowest BCUT2D eigenvalue weighted by molar-refractivity contribution is -0.0827. The van der Waals surface area contributed by atoms with Gasteiger partial charge in [0.1, 0.15) is 11.7 Å². The molecule has 140 valence electrons. The Labute approximate surface area is 151 Å². The van der Waals surface area contributed by atoms with Crippen LogP contribution in [0.5, 0.6) is 0 Å². The highest BCUT2D eigenvalue weighted by Gasteiger charge is 2.39. The van der Waals surface area contributed by atoms with Crippen molar-refractivity contribution in [2.75, 3.05) is 39.4 Å². The highest BCUT2D eigenvalue weighted by atomic mass is 19.1. The Morgan fingerprint density at radius 3 is 2.69 bits per heavy atom. The van der Waals surface area contributed by atoms with Crippen LogP contribution < -0.4 is 5.56 Å². The molecule has 2 bridgehead atoms. The van der Waals surface area contributed by atoms with Gasteiger partial charge in [0.2, 0.25) is 0 Å². The summed E-state index contributed by atoms with van der Waals surface area (Å²) in [6, 6.07) is 4.12. The van der Waals surface area contributed by atoms with Gasteiger partial charge in [0, 0.05) is 37.8 Å². The average Bonchev–Trinajstić information content (AvgIpc) is 3.00. The molecule has 4 aliphatic rings. The van der Waals surface area contributed by atoms with Crippen molar-refractivity contribution in [3.05, 3.63) is 33.7 Å². The minimum absolute atomic E-state index is 0.101. The molecular formula is C19H24FN3O3. The van der Waals surface area contributed by atoms with Crippen LogP contribution in [0.3, 0.4) is 0 Å². The van der Waals surface area contributed by atoms with E-state index in [0.29, 0.717) is 37.4 Å². The van der Waals surface area contributed by atoms with Crippen LogP contribution in [-0.2, 0) is 11.3 Å². The first-order chi connectivity index (χ1) is 12.6. The van der Waals surface area contributed by atoms with Crippen molar-refractivity contribution in [1.82, 2.24) is 14.4 Å². The molecule has 1 aromatic heterocycles. The standard InChI is InChI=1S/C19H24FN3O3/c20-14-3-4-21(9-14)18(24)16-1-2-17-13-5-12(7-23(17)19(16)25)6-22(8-13)15-10-26-11-15/h1-2,12-15H,3-11H2/t12-,13+,14-/m0/s1. The third-order valence-corrected chi connectivity index (χ3v) is 6.42. The molecule has 0 spiro atoms. The van der Waals surface area contributed by atoms with Crippen molar-refractivity contribution in [3.63, 3.8) is 0 Å². The van der Waals surface area contributed by atoms with E-state index in [-0.39, 0.29) is 23.6 Å². The highest BCUT2D eigenvalue weighted by Crippen LogP contribution is 2.36. The zero-order chi connectivity index (χ0) is 17.8. The first kappa shape index (κ1) is 16.4. The molecule has 26 heavy (non-hydrogen) atoms. The lowest BCUT2D eigenvalue weighted by atomic mass is 9.82. The number of halogens is 1. The summed E-state index contributed by atoms with van der Waals surface area (Å²) in [4.78, 5) is 29.6. The molecule has 4 aliphatic heterocycles. The predicted octanol–water partition coefficient (Wildman–Crippen LogP) is 0.850. The first-order valence-electron chi connectivity index (χ1n) is 9.59. The van der Waals surface area contributed by atoms with Crippen molar-refractivity contribution in [3.8, 4) is 0 Å². The SMILES string of the molecule is O=C(c1ccc2n(c1=O)C[C@H]1C[C@@H]2CN(C2COC2)C1)N1CC[C@H](F)C1. The molecule has 5 rings (SSSR count). The van der Waals surface area contributed by atoms with Gasteiger partial charge in [0.15, 0.2) is 0 Å². The molecule has 6 nitrogen and oxygen atoms in total. The fourth-order valence-corrected chi connectivity index (χ4v) is 4.95. The zero-order valence-electron chi connectivity index (χ0n) is 14.8. The molecule has 3 atom stereocenters. The van der Waals surface area contributed by atoms with Gasteiger partial charge < -0.3 is 14.2 Å². The van der Waals surface area contributed by atoms with Crippen molar-refractivity contribution in [1.29, 1.82) is 0 Å². The van der Waals surface area contributed by atoms with E-state index in [1.165, 1.54) is 4.90 Å². The van der Waals surface area contributed by atoms with Gasteiger partial charge in [-0.2, -0.15) is 0 Å². The number of fused-ring (bicyclic) bond motifs is 4. The second-order valence-corrected chi connectivity index (χ2v) is 8.17. The molecule has 5 heterocycles. The average molecular weight is 361 g/mol. The molecule has 0 unspecified atom stereocenters. The van der Waals surface area contributed by atoms with E-state index in [4.69, 9.17) is 4.74 Å². The highest BCUT2D eigenvalue weighted by molar-refractivity contribution is 5.94. The van der Waals surface area contributed by atoms with Gasteiger partial charge in [0.05, 0.1) is 25.8 Å². The third kappa shape index (κ3) is 2.60. The Hall–Kier alpha value is -1.73. The van der Waals surface area contributed by atoms with E-state index >= 15 is 0 Å². The molecule has 0 saturated carbocycles. The number of alkyl halides is 1. The Morgan fingerprint density at radius 2 is 2.00 bits per heavy atom. The van der Waals surface area contributed by atoms with Gasteiger partial charge in [-0.3, -0.25) is 14.5 Å². The van der Waals surface area contributed by atoms with Gasteiger partial charge >= 0.3 is 0 Å². The molecule has 0 aromatic carbocycles. The maximum atomic E-state index is 13.4.